The van der Waals surface area contributed by atoms with Gasteiger partial charge in [-0.25, -0.2) is 4.79 Å². The molecule has 4 nitrogen and oxygen atoms in total. The van der Waals surface area contributed by atoms with E-state index in [0.29, 0.717) is 11.0 Å². The van der Waals surface area contributed by atoms with Crippen LogP contribution in [0.3, 0.4) is 0 Å². The van der Waals surface area contributed by atoms with Crippen LogP contribution in [0.15, 0.2) is 143 Å². The number of anilines is 3. The normalized spacial score (nSPS) is 13.9. The molecule has 0 saturated heterocycles. The number of para-hydroxylation sites is 3. The van der Waals surface area contributed by atoms with Gasteiger partial charge in [-0.1, -0.05) is 92.7 Å². The highest BCUT2D eigenvalue weighted by Crippen LogP contribution is 2.51. The van der Waals surface area contributed by atoms with E-state index in [2.05, 4.69) is 126 Å². The fourth-order valence-corrected chi connectivity index (χ4v) is 7.34. The second-order valence-electron chi connectivity index (χ2n) is 12.2. The average Bonchev–Trinajstić information content (AvgIpc) is 3.38. The predicted molar refractivity (Wildman–Crippen MR) is 181 cm³/mol. The molecule has 0 amide bonds. The SMILES string of the molecule is CC1(C)c2ccccc2N(c2cccc(-n3c4ccccc4c4cc5oc(=O)c6ccccc6c5cc43)c2)c2ccccc21. The molecule has 2 aromatic heterocycles. The standard InChI is InChI=1S/C40H28N2O2/c1-40(2)32-17-6-9-20-35(32)42(36-21-10-7-18-33(36)40)26-13-11-12-25(22-26)41-34-19-8-5-15-28(34)30-24-38-31(23-37(30)41)27-14-3-4-16-29(27)39(43)44-38/h3-24H,1-2H3. The summed E-state index contributed by atoms with van der Waals surface area (Å²) >= 11 is 0. The summed E-state index contributed by atoms with van der Waals surface area (Å²) in [4.78, 5) is 15.2. The molecule has 0 atom stereocenters. The Balaban J connectivity index is 1.33. The Labute approximate surface area is 254 Å². The third kappa shape index (κ3) is 3.36. The molecule has 0 fully saturated rings. The molecule has 0 saturated carbocycles. The van der Waals surface area contributed by atoms with Crippen molar-refractivity contribution in [1.29, 1.82) is 0 Å². The minimum atomic E-state index is -0.311. The van der Waals surface area contributed by atoms with E-state index in [1.807, 2.05) is 30.3 Å². The molecule has 44 heavy (non-hydrogen) atoms. The lowest BCUT2D eigenvalue weighted by molar-refractivity contribution is 0.570. The number of benzene rings is 6. The van der Waals surface area contributed by atoms with Crippen molar-refractivity contribution >= 4 is 60.6 Å². The zero-order chi connectivity index (χ0) is 29.6. The van der Waals surface area contributed by atoms with E-state index >= 15 is 0 Å². The Hall–Kier alpha value is -5.61. The van der Waals surface area contributed by atoms with Crippen LogP contribution in [0.4, 0.5) is 17.1 Å². The number of fused-ring (bicyclic) bond motifs is 8. The highest BCUT2D eigenvalue weighted by atomic mass is 16.4. The largest absolute Gasteiger partial charge is 0.422 e. The van der Waals surface area contributed by atoms with Crippen LogP contribution < -0.4 is 10.5 Å². The first-order valence-electron chi connectivity index (χ1n) is 15.0. The van der Waals surface area contributed by atoms with E-state index < -0.39 is 0 Å². The van der Waals surface area contributed by atoms with Gasteiger partial charge in [0.1, 0.15) is 5.58 Å². The maximum absolute atomic E-state index is 12.8. The van der Waals surface area contributed by atoms with Crippen LogP contribution in [0.25, 0.3) is 49.2 Å². The fourth-order valence-electron chi connectivity index (χ4n) is 7.34. The third-order valence-electron chi connectivity index (χ3n) is 9.40. The van der Waals surface area contributed by atoms with Gasteiger partial charge in [0, 0.05) is 32.9 Å². The van der Waals surface area contributed by atoms with Gasteiger partial charge >= 0.3 is 5.63 Å². The number of hydrogen-bond acceptors (Lipinski definition) is 3. The molecule has 0 radical (unpaired) electrons. The smallest absolute Gasteiger partial charge is 0.344 e. The molecule has 4 heteroatoms. The fraction of sp³-hybridized carbons (Fsp3) is 0.0750. The van der Waals surface area contributed by atoms with Gasteiger partial charge in [-0.2, -0.15) is 0 Å². The lowest BCUT2D eigenvalue weighted by Crippen LogP contribution is -2.30. The molecule has 210 valence electrons. The number of aromatic nitrogens is 1. The molecule has 0 aliphatic carbocycles. The third-order valence-corrected chi connectivity index (χ3v) is 9.40. The van der Waals surface area contributed by atoms with E-state index in [9.17, 15) is 4.79 Å². The van der Waals surface area contributed by atoms with Gasteiger partial charge in [0.15, 0.2) is 0 Å². The minimum Gasteiger partial charge on any atom is -0.422 e. The Morgan fingerprint density at radius 3 is 1.89 bits per heavy atom. The first-order chi connectivity index (χ1) is 21.5. The Kier molecular flexibility index (Phi) is 5.07. The van der Waals surface area contributed by atoms with E-state index in [4.69, 9.17) is 4.42 Å². The molecule has 6 aromatic carbocycles. The number of nitrogens with zero attached hydrogens (tertiary/aromatic N) is 2. The van der Waals surface area contributed by atoms with Crippen LogP contribution in [0.2, 0.25) is 0 Å². The van der Waals surface area contributed by atoms with Gasteiger partial charge in [-0.3, -0.25) is 0 Å². The van der Waals surface area contributed by atoms with Crippen molar-refractivity contribution in [1.82, 2.24) is 4.57 Å². The van der Waals surface area contributed by atoms with Crippen LogP contribution in [-0.2, 0) is 5.41 Å². The van der Waals surface area contributed by atoms with Gasteiger partial charge in [0.2, 0.25) is 0 Å². The van der Waals surface area contributed by atoms with Crippen molar-refractivity contribution in [3.8, 4) is 5.69 Å². The van der Waals surface area contributed by atoms with Crippen molar-refractivity contribution in [3.63, 3.8) is 0 Å². The van der Waals surface area contributed by atoms with E-state index in [1.54, 1.807) is 0 Å². The molecule has 9 rings (SSSR count). The van der Waals surface area contributed by atoms with E-state index in [1.165, 1.54) is 22.5 Å². The van der Waals surface area contributed by atoms with Crippen molar-refractivity contribution in [3.05, 3.63) is 155 Å². The molecule has 0 unspecified atom stereocenters. The summed E-state index contributed by atoms with van der Waals surface area (Å²) < 4.78 is 8.19. The lowest BCUT2D eigenvalue weighted by Gasteiger charge is -2.42. The van der Waals surface area contributed by atoms with Crippen molar-refractivity contribution < 1.29 is 4.42 Å². The molecule has 1 aliphatic rings. The molecule has 0 N–H and O–H groups in total. The molecular weight excluding hydrogens is 540 g/mol. The summed E-state index contributed by atoms with van der Waals surface area (Å²) in [5.41, 5.74) is 9.50. The zero-order valence-corrected chi connectivity index (χ0v) is 24.4. The van der Waals surface area contributed by atoms with Crippen LogP contribution >= 0.6 is 0 Å². The topological polar surface area (TPSA) is 38.4 Å². The number of hydrogen-bond donors (Lipinski definition) is 0. The van der Waals surface area contributed by atoms with Crippen molar-refractivity contribution in [2.45, 2.75) is 19.3 Å². The average molecular weight is 569 g/mol. The Morgan fingerprint density at radius 1 is 0.523 bits per heavy atom. The molecule has 8 aromatic rings. The van der Waals surface area contributed by atoms with E-state index in [-0.39, 0.29) is 11.0 Å². The minimum absolute atomic E-state index is 0.118. The Morgan fingerprint density at radius 2 is 1.14 bits per heavy atom. The lowest BCUT2D eigenvalue weighted by atomic mass is 9.73. The highest BCUT2D eigenvalue weighted by molar-refractivity contribution is 6.16. The predicted octanol–water partition coefficient (Wildman–Crippen LogP) is 10.2. The molecule has 3 heterocycles. The first kappa shape index (κ1) is 24.9. The summed E-state index contributed by atoms with van der Waals surface area (Å²) in [5, 5.41) is 4.58. The first-order valence-corrected chi connectivity index (χ1v) is 15.0. The highest BCUT2D eigenvalue weighted by Gasteiger charge is 2.36. The van der Waals surface area contributed by atoms with Crippen LogP contribution in [0.1, 0.15) is 25.0 Å². The van der Waals surface area contributed by atoms with Crippen molar-refractivity contribution in [2.24, 2.45) is 0 Å². The van der Waals surface area contributed by atoms with Crippen LogP contribution in [0.5, 0.6) is 0 Å². The number of rotatable bonds is 2. The van der Waals surface area contributed by atoms with Crippen molar-refractivity contribution in [2.75, 3.05) is 4.90 Å². The summed E-state index contributed by atoms with van der Waals surface area (Å²) in [7, 11) is 0. The summed E-state index contributed by atoms with van der Waals surface area (Å²) in [6, 6.07) is 46.6. The molecule has 0 spiro atoms. The second-order valence-corrected chi connectivity index (χ2v) is 12.2. The summed E-state index contributed by atoms with van der Waals surface area (Å²) in [5.74, 6) is 0. The van der Waals surface area contributed by atoms with Crippen LogP contribution in [0, 0.1) is 0 Å². The van der Waals surface area contributed by atoms with E-state index in [0.717, 1.165) is 44.0 Å². The van der Waals surface area contributed by atoms with Gasteiger partial charge in [0.25, 0.3) is 0 Å². The monoisotopic (exact) mass is 568 g/mol. The van der Waals surface area contributed by atoms with Gasteiger partial charge in [-0.05, 0) is 71.1 Å². The summed E-state index contributed by atoms with van der Waals surface area (Å²) in [6.45, 7) is 4.62. The molecule has 1 aliphatic heterocycles. The van der Waals surface area contributed by atoms with Gasteiger partial charge in [-0.15, -0.1) is 0 Å². The summed E-state index contributed by atoms with van der Waals surface area (Å²) in [6.07, 6.45) is 0. The molecular formula is C40H28N2O2. The maximum atomic E-state index is 12.8. The van der Waals surface area contributed by atoms with Gasteiger partial charge < -0.3 is 13.9 Å². The maximum Gasteiger partial charge on any atom is 0.344 e. The molecule has 0 bridgehead atoms. The van der Waals surface area contributed by atoms with Crippen LogP contribution in [-0.4, -0.2) is 4.57 Å². The Bertz CT molecular complexity index is 2470. The van der Waals surface area contributed by atoms with Gasteiger partial charge in [0.05, 0.1) is 27.8 Å². The zero-order valence-electron chi connectivity index (χ0n) is 24.4. The quantitative estimate of drug-likeness (QED) is 0.154. The second kappa shape index (κ2) is 8.95.